The zero-order valence-corrected chi connectivity index (χ0v) is 15.4. The Hall–Kier alpha value is -1.05. The van der Waals surface area contributed by atoms with E-state index in [-0.39, 0.29) is 45.3 Å². The van der Waals surface area contributed by atoms with Crippen molar-refractivity contribution in [2.24, 2.45) is 0 Å². The van der Waals surface area contributed by atoms with Crippen molar-refractivity contribution in [3.8, 4) is 0 Å². The maximum absolute atomic E-state index is 13.3. The largest absolute Gasteiger partial charge is 0.416 e. The third kappa shape index (κ3) is 5.02. The molecule has 0 nitrogen and oxygen atoms in total. The predicted molar refractivity (Wildman–Crippen MR) is 93.0 cm³/mol. The topological polar surface area (TPSA) is 0 Å². The number of rotatable bonds is 4. The molecule has 0 bridgehead atoms. The lowest BCUT2D eigenvalue weighted by Gasteiger charge is -2.17. The molecule has 0 saturated carbocycles. The number of benzene rings is 2. The Morgan fingerprint density at radius 1 is 0.731 bits per heavy atom. The molecule has 0 atom stereocenters. The van der Waals surface area contributed by atoms with E-state index in [4.69, 9.17) is 23.2 Å². The van der Waals surface area contributed by atoms with Gasteiger partial charge in [0.15, 0.2) is 0 Å². The van der Waals surface area contributed by atoms with Crippen molar-refractivity contribution in [3.63, 3.8) is 0 Å². The smallest absolute Gasteiger partial charge is 0.174 e. The first-order chi connectivity index (χ1) is 11.9. The molecule has 0 aliphatic carbocycles. The number of aryl methyl sites for hydroxylation is 2. The minimum atomic E-state index is -4.65. The van der Waals surface area contributed by atoms with E-state index in [1.165, 1.54) is 12.1 Å². The molecule has 2 aromatic carbocycles. The molecule has 9 heteroatoms. The van der Waals surface area contributed by atoms with E-state index in [1.54, 1.807) is 0 Å². The molecule has 2 aromatic rings. The molecule has 0 aliphatic heterocycles. The van der Waals surface area contributed by atoms with Crippen LogP contribution < -0.4 is 0 Å². The lowest BCUT2D eigenvalue weighted by molar-refractivity contribution is -0.139. The van der Waals surface area contributed by atoms with Crippen molar-refractivity contribution >= 4 is 35.8 Å². The van der Waals surface area contributed by atoms with Crippen LogP contribution in [0.3, 0.4) is 0 Å². The van der Waals surface area contributed by atoms with Gasteiger partial charge in [-0.15, -0.1) is 0 Å². The summed E-state index contributed by atoms with van der Waals surface area (Å²) in [7, 11) is 0. The summed E-state index contributed by atoms with van der Waals surface area (Å²) < 4.78 is 79.2. The molecule has 0 saturated heterocycles. The van der Waals surface area contributed by atoms with Gasteiger partial charge in [-0.1, -0.05) is 29.3 Å². The van der Waals surface area contributed by atoms with Gasteiger partial charge in [-0.05, 0) is 53.8 Å². The summed E-state index contributed by atoms with van der Waals surface area (Å²) in [5.74, 6) is 0.0115. The summed E-state index contributed by atoms with van der Waals surface area (Å²) in [6, 6.07) is 5.23. The summed E-state index contributed by atoms with van der Waals surface area (Å²) in [5.41, 5.74) is -1.99. The lowest BCUT2D eigenvalue weighted by atomic mass is 9.95. The molecule has 0 amide bonds. The molecule has 0 radical (unpaired) electrons. The standard InChI is InChI=1S/C17H12Cl2F6S/c18-12-4-3-9(14(7-12)17(23,24)25)1-2-10-6-15(19)11(8-26)5-13(10)16(20,21)22/h3-7,26H,1-2,8H2. The summed E-state index contributed by atoms with van der Waals surface area (Å²) in [6.45, 7) is 0. The van der Waals surface area contributed by atoms with Crippen LogP contribution >= 0.6 is 35.8 Å². The van der Waals surface area contributed by atoms with E-state index >= 15 is 0 Å². The van der Waals surface area contributed by atoms with Crippen LogP contribution in [-0.2, 0) is 30.9 Å². The van der Waals surface area contributed by atoms with Crippen LogP contribution in [-0.4, -0.2) is 0 Å². The third-order valence-electron chi connectivity index (χ3n) is 3.79. The molecule has 0 unspecified atom stereocenters. The van der Waals surface area contributed by atoms with Crippen LogP contribution in [0.4, 0.5) is 26.3 Å². The van der Waals surface area contributed by atoms with Gasteiger partial charge >= 0.3 is 12.4 Å². The zero-order chi connectivity index (χ0) is 19.7. The minimum absolute atomic E-state index is 0.0115. The fourth-order valence-electron chi connectivity index (χ4n) is 2.55. The van der Waals surface area contributed by atoms with Gasteiger partial charge in [0.2, 0.25) is 0 Å². The number of hydrogen-bond acceptors (Lipinski definition) is 1. The predicted octanol–water partition coefficient (Wildman–Crippen LogP) is 7.25. The summed E-state index contributed by atoms with van der Waals surface area (Å²) in [5, 5.41) is -0.00613. The van der Waals surface area contributed by atoms with Crippen molar-refractivity contribution in [2.75, 3.05) is 0 Å². The Balaban J connectivity index is 2.41. The molecule has 26 heavy (non-hydrogen) atoms. The second-order valence-corrected chi connectivity index (χ2v) is 6.72. The van der Waals surface area contributed by atoms with Crippen molar-refractivity contribution in [1.82, 2.24) is 0 Å². The molecule has 0 heterocycles. The molecule has 142 valence electrons. The molecule has 0 aromatic heterocycles. The Labute approximate surface area is 161 Å². The Kier molecular flexibility index (Phi) is 6.46. The zero-order valence-electron chi connectivity index (χ0n) is 13.0. The van der Waals surface area contributed by atoms with Gasteiger partial charge in [-0.2, -0.15) is 39.0 Å². The van der Waals surface area contributed by atoms with Gasteiger partial charge in [0.1, 0.15) is 0 Å². The summed E-state index contributed by atoms with van der Waals surface area (Å²) in [4.78, 5) is 0. The number of hydrogen-bond donors (Lipinski definition) is 1. The van der Waals surface area contributed by atoms with Crippen LogP contribution in [0, 0.1) is 0 Å². The van der Waals surface area contributed by atoms with E-state index < -0.39 is 23.5 Å². The molecular weight excluding hydrogens is 421 g/mol. The van der Waals surface area contributed by atoms with Crippen molar-refractivity contribution in [1.29, 1.82) is 0 Å². The van der Waals surface area contributed by atoms with E-state index in [0.29, 0.717) is 0 Å². The minimum Gasteiger partial charge on any atom is -0.174 e. The van der Waals surface area contributed by atoms with Gasteiger partial charge in [-0.25, -0.2) is 0 Å². The van der Waals surface area contributed by atoms with Crippen LogP contribution in [0.15, 0.2) is 30.3 Å². The monoisotopic (exact) mass is 432 g/mol. The van der Waals surface area contributed by atoms with Gasteiger partial charge in [0.25, 0.3) is 0 Å². The summed E-state index contributed by atoms with van der Waals surface area (Å²) >= 11 is 15.5. The van der Waals surface area contributed by atoms with Crippen LogP contribution in [0.25, 0.3) is 0 Å². The molecule has 2 rings (SSSR count). The fourth-order valence-corrected chi connectivity index (χ4v) is 3.33. The average Bonchev–Trinajstić information content (AvgIpc) is 2.51. The van der Waals surface area contributed by atoms with Crippen LogP contribution in [0.5, 0.6) is 0 Å². The van der Waals surface area contributed by atoms with Gasteiger partial charge < -0.3 is 0 Å². The van der Waals surface area contributed by atoms with Crippen molar-refractivity contribution < 1.29 is 26.3 Å². The van der Waals surface area contributed by atoms with Gasteiger partial charge in [-0.3, -0.25) is 0 Å². The fraction of sp³-hybridized carbons (Fsp3) is 0.294. The van der Waals surface area contributed by atoms with Gasteiger partial charge in [0.05, 0.1) is 11.1 Å². The van der Waals surface area contributed by atoms with Gasteiger partial charge in [0, 0.05) is 15.8 Å². The van der Waals surface area contributed by atoms with E-state index in [0.717, 1.165) is 18.2 Å². The SMILES string of the molecule is FC(F)(F)c1cc(Cl)ccc1CCc1cc(Cl)c(CS)cc1C(F)(F)F. The first-order valence-corrected chi connectivity index (χ1v) is 8.67. The maximum atomic E-state index is 13.3. The highest BCUT2D eigenvalue weighted by molar-refractivity contribution is 7.79. The highest BCUT2D eigenvalue weighted by Gasteiger charge is 2.35. The second-order valence-electron chi connectivity index (χ2n) is 5.56. The number of alkyl halides is 6. The van der Waals surface area contributed by atoms with Crippen molar-refractivity contribution in [3.05, 3.63) is 68.2 Å². The Morgan fingerprint density at radius 3 is 1.81 bits per heavy atom. The highest BCUT2D eigenvalue weighted by Crippen LogP contribution is 2.38. The highest BCUT2D eigenvalue weighted by atomic mass is 35.5. The first-order valence-electron chi connectivity index (χ1n) is 7.28. The number of thiol groups is 1. The molecule has 0 N–H and O–H groups in total. The lowest BCUT2D eigenvalue weighted by Crippen LogP contribution is -2.13. The third-order valence-corrected chi connectivity index (χ3v) is 4.72. The molecule has 0 spiro atoms. The Morgan fingerprint density at radius 2 is 1.27 bits per heavy atom. The summed E-state index contributed by atoms with van der Waals surface area (Å²) in [6.07, 6.45) is -9.80. The molecule has 0 aliphatic rings. The first kappa shape index (κ1) is 21.3. The van der Waals surface area contributed by atoms with Crippen LogP contribution in [0.2, 0.25) is 10.0 Å². The maximum Gasteiger partial charge on any atom is 0.416 e. The molecular formula is C17H12Cl2F6S. The quantitative estimate of drug-likeness (QED) is 0.381. The van der Waals surface area contributed by atoms with Crippen molar-refractivity contribution in [2.45, 2.75) is 30.9 Å². The van der Waals surface area contributed by atoms with E-state index in [2.05, 4.69) is 12.6 Å². The average molecular weight is 433 g/mol. The Bertz CT molecular complexity index is 799. The normalized spacial score (nSPS) is 12.5. The van der Waals surface area contributed by atoms with E-state index in [9.17, 15) is 26.3 Å². The second kappa shape index (κ2) is 7.90. The van der Waals surface area contributed by atoms with E-state index in [1.807, 2.05) is 0 Å². The van der Waals surface area contributed by atoms with Crippen LogP contribution in [0.1, 0.15) is 27.8 Å². The number of halogens is 8. The molecule has 0 fully saturated rings.